The number of piperazine rings is 1. The van der Waals surface area contributed by atoms with Crippen LogP contribution in [0.5, 0.6) is 0 Å². The highest BCUT2D eigenvalue weighted by molar-refractivity contribution is 5.68. The molecule has 1 aromatic heterocycles. The zero-order valence-electron chi connectivity index (χ0n) is 14.8. The maximum atomic E-state index is 12.3. The lowest BCUT2D eigenvalue weighted by atomic mass is 10.1. The van der Waals surface area contributed by atoms with Gasteiger partial charge in [-0.05, 0) is 40.2 Å². The average Bonchev–Trinajstić information content (AvgIpc) is 3.04. The number of amides is 1. The van der Waals surface area contributed by atoms with Gasteiger partial charge in [-0.15, -0.1) is 5.10 Å². The zero-order valence-corrected chi connectivity index (χ0v) is 14.8. The third-order valence-corrected chi connectivity index (χ3v) is 4.40. The Bertz CT molecular complexity index is 561. The Morgan fingerprint density at radius 1 is 1.38 bits per heavy atom. The van der Waals surface area contributed by atoms with E-state index in [0.717, 1.165) is 38.2 Å². The highest BCUT2D eigenvalue weighted by atomic mass is 16.6. The summed E-state index contributed by atoms with van der Waals surface area (Å²) in [5.41, 5.74) is 0.561. The molecule has 1 aromatic rings. The standard InChI is InChI=1S/C16H28N6O2/c1-16(2,3)24-15(23)21-8-7-18-13(11-21)14-10-19-20-22(14)12-5-4-6-17-9-12/h10,12-13,17-18H,4-9,11H2,1-3H3. The van der Waals surface area contributed by atoms with Gasteiger partial charge in [-0.25, -0.2) is 9.48 Å². The van der Waals surface area contributed by atoms with Crippen LogP contribution < -0.4 is 10.6 Å². The molecule has 3 rings (SSSR count). The average molecular weight is 336 g/mol. The van der Waals surface area contributed by atoms with Crippen LogP contribution in [-0.2, 0) is 4.74 Å². The summed E-state index contributed by atoms with van der Waals surface area (Å²) in [4.78, 5) is 14.1. The van der Waals surface area contributed by atoms with Crippen LogP contribution in [0, 0.1) is 0 Å². The second-order valence-electron chi connectivity index (χ2n) is 7.54. The lowest BCUT2D eigenvalue weighted by molar-refractivity contribution is 0.0191. The number of carbonyl (C=O) groups is 1. The Balaban J connectivity index is 1.69. The fourth-order valence-corrected chi connectivity index (χ4v) is 3.27. The molecule has 0 bridgehead atoms. The van der Waals surface area contributed by atoms with Crippen LogP contribution in [0.15, 0.2) is 6.20 Å². The molecule has 2 aliphatic heterocycles. The largest absolute Gasteiger partial charge is 0.444 e. The second-order valence-corrected chi connectivity index (χ2v) is 7.54. The number of rotatable bonds is 2. The Kier molecular flexibility index (Phi) is 5.05. The number of hydrogen-bond donors (Lipinski definition) is 2. The molecule has 2 saturated heterocycles. The van der Waals surface area contributed by atoms with E-state index in [-0.39, 0.29) is 12.1 Å². The Hall–Kier alpha value is -1.67. The molecule has 0 aromatic carbocycles. The van der Waals surface area contributed by atoms with E-state index in [0.29, 0.717) is 19.1 Å². The predicted octanol–water partition coefficient (Wildman–Crippen LogP) is 1.08. The van der Waals surface area contributed by atoms with Gasteiger partial charge < -0.3 is 20.3 Å². The monoisotopic (exact) mass is 336 g/mol. The number of nitrogens with one attached hydrogen (secondary N) is 2. The van der Waals surface area contributed by atoms with Crippen molar-refractivity contribution in [2.45, 2.75) is 51.3 Å². The van der Waals surface area contributed by atoms with Crippen LogP contribution in [0.1, 0.15) is 51.4 Å². The molecular formula is C16H28N6O2. The first-order valence-corrected chi connectivity index (χ1v) is 8.76. The highest BCUT2D eigenvalue weighted by Crippen LogP contribution is 2.23. The number of piperidine rings is 1. The van der Waals surface area contributed by atoms with E-state index in [1.165, 1.54) is 0 Å². The molecule has 8 heteroatoms. The molecule has 1 amide bonds. The lowest BCUT2D eigenvalue weighted by Gasteiger charge is -2.35. The van der Waals surface area contributed by atoms with E-state index >= 15 is 0 Å². The molecule has 0 saturated carbocycles. The Morgan fingerprint density at radius 3 is 2.92 bits per heavy atom. The lowest BCUT2D eigenvalue weighted by Crippen LogP contribution is -2.50. The van der Waals surface area contributed by atoms with Gasteiger partial charge in [0.25, 0.3) is 0 Å². The maximum Gasteiger partial charge on any atom is 0.410 e. The molecule has 2 unspecified atom stereocenters. The van der Waals surface area contributed by atoms with E-state index in [1.54, 1.807) is 4.90 Å². The normalized spacial score (nSPS) is 25.5. The van der Waals surface area contributed by atoms with Crippen molar-refractivity contribution < 1.29 is 9.53 Å². The molecule has 134 valence electrons. The highest BCUT2D eigenvalue weighted by Gasteiger charge is 2.31. The van der Waals surface area contributed by atoms with E-state index in [4.69, 9.17) is 4.74 Å². The van der Waals surface area contributed by atoms with Gasteiger partial charge in [0.15, 0.2) is 0 Å². The summed E-state index contributed by atoms with van der Waals surface area (Å²) in [6.45, 7) is 9.60. The van der Waals surface area contributed by atoms with Crippen molar-refractivity contribution in [3.8, 4) is 0 Å². The van der Waals surface area contributed by atoms with Crippen LogP contribution in [0.25, 0.3) is 0 Å². The smallest absolute Gasteiger partial charge is 0.410 e. The van der Waals surface area contributed by atoms with Gasteiger partial charge in [0.1, 0.15) is 5.60 Å². The Labute approximate surface area is 142 Å². The quantitative estimate of drug-likeness (QED) is 0.841. The summed E-state index contributed by atoms with van der Waals surface area (Å²) in [5, 5.41) is 15.3. The van der Waals surface area contributed by atoms with Gasteiger partial charge in [-0.3, -0.25) is 0 Å². The molecular weight excluding hydrogens is 308 g/mol. The van der Waals surface area contributed by atoms with Crippen LogP contribution in [-0.4, -0.2) is 64.3 Å². The van der Waals surface area contributed by atoms with E-state index in [1.807, 2.05) is 31.6 Å². The topological polar surface area (TPSA) is 84.3 Å². The fraction of sp³-hybridized carbons (Fsp3) is 0.812. The zero-order chi connectivity index (χ0) is 17.2. The predicted molar refractivity (Wildman–Crippen MR) is 89.7 cm³/mol. The van der Waals surface area contributed by atoms with Crippen molar-refractivity contribution in [3.05, 3.63) is 11.9 Å². The molecule has 8 nitrogen and oxygen atoms in total. The van der Waals surface area contributed by atoms with Gasteiger partial charge in [-0.1, -0.05) is 5.21 Å². The molecule has 2 atom stereocenters. The van der Waals surface area contributed by atoms with Crippen LogP contribution in [0.2, 0.25) is 0 Å². The summed E-state index contributed by atoms with van der Waals surface area (Å²) < 4.78 is 7.52. The number of carbonyl (C=O) groups excluding carboxylic acids is 1. The summed E-state index contributed by atoms with van der Waals surface area (Å²) in [5.74, 6) is 0. The van der Waals surface area contributed by atoms with Crippen LogP contribution in [0.4, 0.5) is 4.79 Å². The summed E-state index contributed by atoms with van der Waals surface area (Å²) in [7, 11) is 0. The van der Waals surface area contributed by atoms with Crippen molar-refractivity contribution in [3.63, 3.8) is 0 Å². The van der Waals surface area contributed by atoms with E-state index < -0.39 is 5.60 Å². The van der Waals surface area contributed by atoms with E-state index in [2.05, 4.69) is 20.9 Å². The Morgan fingerprint density at radius 2 is 2.21 bits per heavy atom. The SMILES string of the molecule is CC(C)(C)OC(=O)N1CCNC(c2cnnn2C2CCCNC2)C1. The molecule has 0 radical (unpaired) electrons. The number of aromatic nitrogens is 3. The van der Waals surface area contributed by atoms with Gasteiger partial charge >= 0.3 is 6.09 Å². The van der Waals surface area contributed by atoms with Crippen molar-refractivity contribution >= 4 is 6.09 Å². The minimum absolute atomic E-state index is 0.0307. The summed E-state index contributed by atoms with van der Waals surface area (Å²) >= 11 is 0. The van der Waals surface area contributed by atoms with Gasteiger partial charge in [0.2, 0.25) is 0 Å². The maximum absolute atomic E-state index is 12.3. The van der Waals surface area contributed by atoms with Crippen molar-refractivity contribution in [2.24, 2.45) is 0 Å². The van der Waals surface area contributed by atoms with Gasteiger partial charge in [0, 0.05) is 26.2 Å². The third-order valence-electron chi connectivity index (χ3n) is 4.40. The molecule has 2 fully saturated rings. The number of hydrogen-bond acceptors (Lipinski definition) is 6. The van der Waals surface area contributed by atoms with Crippen molar-refractivity contribution in [1.82, 2.24) is 30.5 Å². The molecule has 0 spiro atoms. The molecule has 2 N–H and O–H groups in total. The molecule has 2 aliphatic rings. The van der Waals surface area contributed by atoms with Crippen molar-refractivity contribution in [1.29, 1.82) is 0 Å². The first-order chi connectivity index (χ1) is 11.4. The fourth-order valence-electron chi connectivity index (χ4n) is 3.27. The first kappa shape index (κ1) is 17.2. The molecule has 24 heavy (non-hydrogen) atoms. The van der Waals surface area contributed by atoms with Crippen LogP contribution in [0.3, 0.4) is 0 Å². The number of ether oxygens (including phenoxy) is 1. The number of nitrogens with zero attached hydrogens (tertiary/aromatic N) is 4. The van der Waals surface area contributed by atoms with Gasteiger partial charge in [0.05, 0.1) is 24.0 Å². The van der Waals surface area contributed by atoms with Gasteiger partial charge in [-0.2, -0.15) is 0 Å². The summed E-state index contributed by atoms with van der Waals surface area (Å²) in [6.07, 6.45) is 3.80. The minimum Gasteiger partial charge on any atom is -0.444 e. The first-order valence-electron chi connectivity index (χ1n) is 8.76. The second kappa shape index (κ2) is 7.06. The summed E-state index contributed by atoms with van der Waals surface area (Å²) in [6, 6.07) is 0.359. The molecule has 0 aliphatic carbocycles. The van der Waals surface area contributed by atoms with E-state index in [9.17, 15) is 4.79 Å². The third kappa shape index (κ3) is 4.05. The van der Waals surface area contributed by atoms with Crippen molar-refractivity contribution in [2.75, 3.05) is 32.7 Å². The minimum atomic E-state index is -0.478. The van der Waals surface area contributed by atoms with Crippen LogP contribution >= 0.6 is 0 Å². The molecule has 3 heterocycles.